The molecule has 6 heteroatoms. The third kappa shape index (κ3) is 5.63. The minimum Gasteiger partial charge on any atom is -0.396 e. The number of aliphatic hydroxyl groups is 1. The minimum atomic E-state index is -4.18. The zero-order chi connectivity index (χ0) is 15.2. The number of para-hydroxylation sites is 1. The molecule has 1 aromatic carbocycles. The lowest BCUT2D eigenvalue weighted by Gasteiger charge is -2.27. The van der Waals surface area contributed by atoms with Crippen LogP contribution in [0.25, 0.3) is 0 Å². The fraction of sp³-hybridized carbons (Fsp3) is 0.571. The topological polar surface area (TPSA) is 32.3 Å². The molecule has 0 radical (unpaired) electrons. The summed E-state index contributed by atoms with van der Waals surface area (Å²) in [6, 6.07) is 6.92. The standard InChI is InChI=1S/C14H20F3NOS/c1-3-13(2,9-19)8-18-11-6-4-5-7-12(11)20-10-14(15,16)17/h4-7,18-19H,3,8-10H2,1-2H3. The van der Waals surface area contributed by atoms with Crippen LogP contribution in [-0.2, 0) is 0 Å². The lowest BCUT2D eigenvalue weighted by Crippen LogP contribution is -2.29. The smallest absolute Gasteiger partial charge is 0.396 e. The quantitative estimate of drug-likeness (QED) is 0.742. The van der Waals surface area contributed by atoms with Gasteiger partial charge in [-0.2, -0.15) is 13.2 Å². The van der Waals surface area contributed by atoms with Crippen LogP contribution < -0.4 is 5.32 Å². The predicted octanol–water partition coefficient (Wildman–Crippen LogP) is 4.16. The van der Waals surface area contributed by atoms with Crippen LogP contribution in [0.2, 0.25) is 0 Å². The summed E-state index contributed by atoms with van der Waals surface area (Å²) in [4.78, 5) is 0.571. The first-order chi connectivity index (χ1) is 9.29. The number of rotatable bonds is 7. The van der Waals surface area contributed by atoms with Crippen molar-refractivity contribution in [3.05, 3.63) is 24.3 Å². The van der Waals surface area contributed by atoms with Crippen molar-refractivity contribution in [1.82, 2.24) is 0 Å². The highest BCUT2D eigenvalue weighted by molar-refractivity contribution is 7.99. The second-order valence-electron chi connectivity index (χ2n) is 5.08. The van der Waals surface area contributed by atoms with Gasteiger partial charge in [-0.05, 0) is 18.6 Å². The minimum absolute atomic E-state index is 0.0361. The normalized spacial score (nSPS) is 14.9. The monoisotopic (exact) mass is 307 g/mol. The lowest BCUT2D eigenvalue weighted by molar-refractivity contribution is -0.105. The molecule has 0 spiro atoms. The molecule has 1 aromatic rings. The summed E-state index contributed by atoms with van der Waals surface area (Å²) in [6.07, 6.45) is -3.39. The van der Waals surface area contributed by atoms with Crippen molar-refractivity contribution in [3.8, 4) is 0 Å². The number of alkyl halides is 3. The van der Waals surface area contributed by atoms with Crippen LogP contribution in [0.3, 0.4) is 0 Å². The zero-order valence-corrected chi connectivity index (χ0v) is 12.4. The molecule has 2 N–H and O–H groups in total. The highest BCUT2D eigenvalue weighted by Gasteiger charge is 2.28. The first-order valence-corrected chi connectivity index (χ1v) is 7.41. The highest BCUT2D eigenvalue weighted by Crippen LogP contribution is 2.32. The molecule has 0 aliphatic heterocycles. The van der Waals surface area contributed by atoms with E-state index in [-0.39, 0.29) is 12.0 Å². The molecule has 0 amide bonds. The van der Waals surface area contributed by atoms with Crippen LogP contribution in [0.1, 0.15) is 20.3 Å². The van der Waals surface area contributed by atoms with E-state index in [4.69, 9.17) is 0 Å². The lowest BCUT2D eigenvalue weighted by atomic mass is 9.88. The highest BCUT2D eigenvalue weighted by atomic mass is 32.2. The molecular formula is C14H20F3NOS. The van der Waals surface area contributed by atoms with Gasteiger partial charge >= 0.3 is 6.18 Å². The molecule has 1 atom stereocenters. The van der Waals surface area contributed by atoms with Crippen molar-refractivity contribution in [1.29, 1.82) is 0 Å². The van der Waals surface area contributed by atoms with Crippen molar-refractivity contribution in [2.24, 2.45) is 5.41 Å². The molecule has 0 aliphatic carbocycles. The Hall–Kier alpha value is -0.880. The summed E-state index contributed by atoms with van der Waals surface area (Å²) >= 11 is 0.770. The number of halogens is 3. The molecule has 0 bridgehead atoms. The van der Waals surface area contributed by atoms with Crippen LogP contribution in [0.4, 0.5) is 18.9 Å². The molecule has 0 fully saturated rings. The predicted molar refractivity (Wildman–Crippen MR) is 77.2 cm³/mol. The summed E-state index contributed by atoms with van der Waals surface area (Å²) < 4.78 is 36.8. The van der Waals surface area contributed by atoms with Crippen molar-refractivity contribution < 1.29 is 18.3 Å². The van der Waals surface area contributed by atoms with Gasteiger partial charge in [0.25, 0.3) is 0 Å². The molecule has 2 nitrogen and oxygen atoms in total. The Labute approximate surface area is 121 Å². The summed E-state index contributed by atoms with van der Waals surface area (Å²) in [5, 5.41) is 12.5. The number of thioether (sulfide) groups is 1. The first kappa shape index (κ1) is 17.2. The SMILES string of the molecule is CCC(C)(CO)CNc1ccccc1SCC(F)(F)F. The van der Waals surface area contributed by atoms with Crippen LogP contribution >= 0.6 is 11.8 Å². The van der Waals surface area contributed by atoms with Crippen molar-refractivity contribution in [2.45, 2.75) is 31.3 Å². The van der Waals surface area contributed by atoms with Crippen LogP contribution in [0.5, 0.6) is 0 Å². The van der Waals surface area contributed by atoms with Gasteiger partial charge in [-0.25, -0.2) is 0 Å². The molecule has 0 heterocycles. The number of nitrogens with one attached hydrogen (secondary N) is 1. The molecule has 0 aliphatic rings. The summed E-state index contributed by atoms with van der Waals surface area (Å²) in [5.41, 5.74) is 0.400. The van der Waals surface area contributed by atoms with E-state index in [0.717, 1.165) is 18.2 Å². The van der Waals surface area contributed by atoms with Gasteiger partial charge in [-0.3, -0.25) is 0 Å². The van der Waals surface area contributed by atoms with Crippen LogP contribution in [-0.4, -0.2) is 30.2 Å². The van der Waals surface area contributed by atoms with Crippen molar-refractivity contribution in [3.63, 3.8) is 0 Å². The first-order valence-electron chi connectivity index (χ1n) is 6.43. The number of aliphatic hydroxyl groups excluding tert-OH is 1. The van der Waals surface area contributed by atoms with Crippen LogP contribution in [0, 0.1) is 5.41 Å². The number of hydrogen-bond acceptors (Lipinski definition) is 3. The number of benzene rings is 1. The van der Waals surface area contributed by atoms with E-state index in [2.05, 4.69) is 5.32 Å². The summed E-state index contributed by atoms with van der Waals surface area (Å²) in [6.45, 7) is 4.46. The molecule has 0 saturated carbocycles. The molecule has 0 saturated heterocycles. The second kappa shape index (κ2) is 7.22. The van der Waals surface area contributed by atoms with E-state index in [1.54, 1.807) is 24.3 Å². The summed E-state index contributed by atoms with van der Waals surface area (Å²) in [7, 11) is 0. The fourth-order valence-electron chi connectivity index (χ4n) is 1.50. The molecular weight excluding hydrogens is 287 g/mol. The second-order valence-corrected chi connectivity index (χ2v) is 6.09. The zero-order valence-electron chi connectivity index (χ0n) is 11.6. The molecule has 1 unspecified atom stereocenters. The van der Waals surface area contributed by atoms with Gasteiger partial charge in [-0.1, -0.05) is 26.0 Å². The Kier molecular flexibility index (Phi) is 6.20. The van der Waals surface area contributed by atoms with Gasteiger partial charge in [0, 0.05) is 22.5 Å². The van der Waals surface area contributed by atoms with E-state index in [9.17, 15) is 18.3 Å². The average molecular weight is 307 g/mol. The van der Waals surface area contributed by atoms with Crippen molar-refractivity contribution in [2.75, 3.05) is 24.2 Å². The van der Waals surface area contributed by atoms with Crippen molar-refractivity contribution >= 4 is 17.4 Å². The maximum absolute atomic E-state index is 12.3. The van der Waals surface area contributed by atoms with Gasteiger partial charge < -0.3 is 10.4 Å². The third-order valence-corrected chi connectivity index (χ3v) is 4.36. The average Bonchev–Trinajstić information content (AvgIpc) is 2.42. The number of anilines is 1. The molecule has 20 heavy (non-hydrogen) atoms. The van der Waals surface area contributed by atoms with Gasteiger partial charge in [0.1, 0.15) is 0 Å². The molecule has 1 rings (SSSR count). The summed E-state index contributed by atoms with van der Waals surface area (Å²) in [5.74, 6) is -0.906. The maximum atomic E-state index is 12.3. The van der Waals surface area contributed by atoms with E-state index in [1.165, 1.54) is 0 Å². The van der Waals surface area contributed by atoms with E-state index in [0.29, 0.717) is 17.1 Å². The Morgan fingerprint density at radius 1 is 1.25 bits per heavy atom. The molecule has 0 aromatic heterocycles. The van der Waals surface area contributed by atoms with Gasteiger partial charge in [-0.15, -0.1) is 11.8 Å². The van der Waals surface area contributed by atoms with E-state index in [1.807, 2.05) is 13.8 Å². The Morgan fingerprint density at radius 3 is 2.45 bits per heavy atom. The number of hydrogen-bond donors (Lipinski definition) is 2. The fourth-order valence-corrected chi connectivity index (χ4v) is 2.29. The van der Waals surface area contributed by atoms with E-state index < -0.39 is 11.9 Å². The van der Waals surface area contributed by atoms with Gasteiger partial charge in [0.05, 0.1) is 12.4 Å². The van der Waals surface area contributed by atoms with Gasteiger partial charge in [0.15, 0.2) is 0 Å². The van der Waals surface area contributed by atoms with Crippen LogP contribution in [0.15, 0.2) is 29.2 Å². The maximum Gasteiger partial charge on any atom is 0.398 e. The Balaban J connectivity index is 2.71. The van der Waals surface area contributed by atoms with Gasteiger partial charge in [0.2, 0.25) is 0 Å². The Bertz CT molecular complexity index is 419. The molecule has 114 valence electrons. The Morgan fingerprint density at radius 2 is 1.90 bits per heavy atom. The largest absolute Gasteiger partial charge is 0.398 e. The third-order valence-electron chi connectivity index (χ3n) is 3.22. The van der Waals surface area contributed by atoms with E-state index >= 15 is 0 Å².